The van der Waals surface area contributed by atoms with Crippen LogP contribution in [-0.4, -0.2) is 36.9 Å². The third-order valence-corrected chi connectivity index (χ3v) is 5.56. The molecule has 2 heterocycles. The molecular formula is C19H22F3IN4OS. The maximum Gasteiger partial charge on any atom is 0.416 e. The average molecular weight is 538 g/mol. The van der Waals surface area contributed by atoms with Crippen LogP contribution in [0.25, 0.3) is 0 Å². The van der Waals surface area contributed by atoms with Crippen molar-refractivity contribution < 1.29 is 18.0 Å². The minimum atomic E-state index is -4.35. The summed E-state index contributed by atoms with van der Waals surface area (Å²) in [5, 5.41) is 8.01. The summed E-state index contributed by atoms with van der Waals surface area (Å²) in [6.45, 7) is 1.72. The molecule has 0 radical (unpaired) electrons. The van der Waals surface area contributed by atoms with E-state index in [1.54, 1.807) is 18.4 Å². The van der Waals surface area contributed by atoms with Crippen LogP contribution in [0.1, 0.15) is 21.6 Å². The van der Waals surface area contributed by atoms with E-state index in [2.05, 4.69) is 21.7 Å². The summed E-state index contributed by atoms with van der Waals surface area (Å²) in [5.74, 6) is 0.399. The van der Waals surface area contributed by atoms with E-state index in [1.165, 1.54) is 22.6 Å². The maximum atomic E-state index is 12.6. The second-order valence-corrected chi connectivity index (χ2v) is 7.41. The number of fused-ring (bicyclic) bond motifs is 1. The van der Waals surface area contributed by atoms with Gasteiger partial charge in [-0.25, -0.2) is 0 Å². The van der Waals surface area contributed by atoms with Crippen LogP contribution < -0.4 is 10.6 Å². The number of rotatable bonds is 4. The van der Waals surface area contributed by atoms with E-state index in [0.717, 1.165) is 18.6 Å². The van der Waals surface area contributed by atoms with Gasteiger partial charge in [0, 0.05) is 31.6 Å². The average Bonchev–Trinajstić information content (AvgIpc) is 3.15. The highest BCUT2D eigenvalue weighted by Crippen LogP contribution is 2.29. The van der Waals surface area contributed by atoms with Crippen LogP contribution in [0, 0.1) is 0 Å². The number of hydrogen-bond acceptors (Lipinski definition) is 3. The van der Waals surface area contributed by atoms with Crippen molar-refractivity contribution in [3.05, 3.63) is 57.3 Å². The van der Waals surface area contributed by atoms with Crippen LogP contribution >= 0.6 is 35.3 Å². The molecular weight excluding hydrogens is 516 g/mol. The molecule has 1 aromatic heterocycles. The van der Waals surface area contributed by atoms with Gasteiger partial charge in [-0.2, -0.15) is 13.2 Å². The van der Waals surface area contributed by atoms with Gasteiger partial charge in [-0.1, -0.05) is 12.1 Å². The fourth-order valence-corrected chi connectivity index (χ4v) is 3.84. The van der Waals surface area contributed by atoms with Crippen LogP contribution in [0.3, 0.4) is 0 Å². The lowest BCUT2D eigenvalue weighted by molar-refractivity contribution is -0.137. The predicted octanol–water partition coefficient (Wildman–Crippen LogP) is 3.63. The molecule has 5 nitrogen and oxygen atoms in total. The van der Waals surface area contributed by atoms with Crippen LogP contribution in [0.2, 0.25) is 0 Å². The minimum absolute atomic E-state index is 0. The number of hydrogen-bond donors (Lipinski definition) is 2. The van der Waals surface area contributed by atoms with Crippen molar-refractivity contribution in [3.8, 4) is 0 Å². The van der Waals surface area contributed by atoms with E-state index in [0.29, 0.717) is 31.2 Å². The molecule has 0 saturated carbocycles. The number of amides is 1. The molecule has 0 fully saturated rings. The molecule has 10 heteroatoms. The molecule has 0 aliphatic carbocycles. The zero-order chi connectivity index (χ0) is 20.1. The first-order chi connectivity index (χ1) is 13.4. The number of carbonyl (C=O) groups excluding carboxylic acids is 1. The highest BCUT2D eigenvalue weighted by molar-refractivity contribution is 14.0. The van der Waals surface area contributed by atoms with Crippen molar-refractivity contribution in [2.75, 3.05) is 20.1 Å². The van der Waals surface area contributed by atoms with Crippen LogP contribution in [0.4, 0.5) is 13.2 Å². The first kappa shape index (κ1) is 23.5. The molecule has 1 aliphatic heterocycles. The van der Waals surface area contributed by atoms with E-state index in [9.17, 15) is 18.0 Å². The van der Waals surface area contributed by atoms with Gasteiger partial charge in [0.25, 0.3) is 0 Å². The summed E-state index contributed by atoms with van der Waals surface area (Å²) in [7, 11) is 1.57. The molecule has 0 saturated heterocycles. The fraction of sp³-hybridized carbons (Fsp3) is 0.368. The standard InChI is InChI=1S/C19H21F3N4OS.HI/c1-23-18(24-10-13-2-4-15(5-3-13)19(20,21)22)25-11-17(27)26-8-6-16-14(12-26)7-9-28-16;/h2-5,7,9H,6,8,10-12H2,1H3,(H2,23,24,25);1H. The van der Waals surface area contributed by atoms with Crippen molar-refractivity contribution in [2.24, 2.45) is 4.99 Å². The summed E-state index contributed by atoms with van der Waals surface area (Å²) in [5.41, 5.74) is 1.21. The Hall–Kier alpha value is -1.82. The lowest BCUT2D eigenvalue weighted by Crippen LogP contribution is -2.45. The molecule has 1 amide bonds. The molecule has 1 aliphatic rings. The Kier molecular flexibility index (Phi) is 8.32. The topological polar surface area (TPSA) is 56.7 Å². The zero-order valence-electron chi connectivity index (χ0n) is 15.8. The Morgan fingerprint density at radius 2 is 1.93 bits per heavy atom. The number of alkyl halides is 3. The summed E-state index contributed by atoms with van der Waals surface area (Å²) in [6, 6.07) is 6.98. The Bertz CT molecular complexity index is 852. The van der Waals surface area contributed by atoms with Crippen LogP contribution in [0.15, 0.2) is 40.7 Å². The molecule has 3 rings (SSSR count). The van der Waals surface area contributed by atoms with E-state index in [1.807, 2.05) is 10.3 Å². The van der Waals surface area contributed by atoms with E-state index in [-0.39, 0.29) is 36.4 Å². The van der Waals surface area contributed by atoms with Gasteiger partial charge in [0.1, 0.15) is 0 Å². The van der Waals surface area contributed by atoms with Crippen molar-refractivity contribution in [2.45, 2.75) is 25.7 Å². The largest absolute Gasteiger partial charge is 0.416 e. The van der Waals surface area contributed by atoms with Crippen molar-refractivity contribution in [3.63, 3.8) is 0 Å². The molecule has 0 atom stereocenters. The van der Waals surface area contributed by atoms with Gasteiger partial charge in [0.15, 0.2) is 5.96 Å². The van der Waals surface area contributed by atoms with Gasteiger partial charge in [-0.15, -0.1) is 35.3 Å². The van der Waals surface area contributed by atoms with Gasteiger partial charge in [-0.3, -0.25) is 9.79 Å². The lowest BCUT2D eigenvalue weighted by atomic mass is 10.1. The fourth-order valence-electron chi connectivity index (χ4n) is 2.95. The number of thiophene rings is 1. The molecule has 2 aromatic rings. The Morgan fingerprint density at radius 1 is 1.21 bits per heavy atom. The predicted molar refractivity (Wildman–Crippen MR) is 119 cm³/mol. The number of carbonyl (C=O) groups is 1. The zero-order valence-corrected chi connectivity index (χ0v) is 18.9. The van der Waals surface area contributed by atoms with Gasteiger partial charge in [-0.05, 0) is 41.1 Å². The van der Waals surface area contributed by atoms with Gasteiger partial charge in [0.2, 0.25) is 5.91 Å². The van der Waals surface area contributed by atoms with Crippen molar-refractivity contribution in [1.29, 1.82) is 0 Å². The third kappa shape index (κ3) is 6.33. The number of nitrogens with one attached hydrogen (secondary N) is 2. The Labute approximate surface area is 188 Å². The minimum Gasteiger partial charge on any atom is -0.352 e. The first-order valence-electron chi connectivity index (χ1n) is 8.80. The van der Waals surface area contributed by atoms with Crippen molar-refractivity contribution >= 4 is 47.2 Å². The first-order valence-corrected chi connectivity index (χ1v) is 9.68. The van der Waals surface area contributed by atoms with Crippen LogP contribution in [0.5, 0.6) is 0 Å². The summed E-state index contributed by atoms with van der Waals surface area (Å²) >= 11 is 1.72. The van der Waals surface area contributed by atoms with E-state index in [4.69, 9.17) is 0 Å². The molecule has 1 aromatic carbocycles. The molecule has 0 spiro atoms. The second-order valence-electron chi connectivity index (χ2n) is 6.41. The molecule has 29 heavy (non-hydrogen) atoms. The summed E-state index contributed by atoms with van der Waals surface area (Å²) in [4.78, 5) is 19.6. The molecule has 158 valence electrons. The van der Waals surface area contributed by atoms with Gasteiger partial charge in [0.05, 0.1) is 12.1 Å². The van der Waals surface area contributed by atoms with Crippen molar-refractivity contribution in [1.82, 2.24) is 15.5 Å². The van der Waals surface area contributed by atoms with E-state index < -0.39 is 11.7 Å². The third-order valence-electron chi connectivity index (χ3n) is 4.53. The number of aliphatic imine (C=N–C) groups is 1. The summed E-state index contributed by atoms with van der Waals surface area (Å²) in [6.07, 6.45) is -3.47. The highest BCUT2D eigenvalue weighted by Gasteiger charge is 2.29. The molecule has 0 bridgehead atoms. The van der Waals surface area contributed by atoms with E-state index >= 15 is 0 Å². The normalized spacial score (nSPS) is 14.1. The van der Waals surface area contributed by atoms with Gasteiger partial charge < -0.3 is 15.5 Å². The Morgan fingerprint density at radius 3 is 2.59 bits per heavy atom. The summed E-state index contributed by atoms with van der Waals surface area (Å²) < 4.78 is 37.8. The number of halogens is 4. The quantitative estimate of drug-likeness (QED) is 0.355. The number of guanidine groups is 1. The second kappa shape index (κ2) is 10.3. The highest BCUT2D eigenvalue weighted by atomic mass is 127. The number of benzene rings is 1. The maximum absolute atomic E-state index is 12.6. The number of nitrogens with zero attached hydrogens (tertiary/aromatic N) is 2. The van der Waals surface area contributed by atoms with Crippen LogP contribution in [-0.2, 0) is 30.5 Å². The smallest absolute Gasteiger partial charge is 0.352 e. The molecule has 2 N–H and O–H groups in total. The monoisotopic (exact) mass is 538 g/mol. The molecule has 0 unspecified atom stereocenters. The van der Waals surface area contributed by atoms with Gasteiger partial charge >= 0.3 is 6.18 Å². The lowest BCUT2D eigenvalue weighted by Gasteiger charge is -2.27. The SMILES string of the molecule is CN=C(NCC(=O)N1CCc2sccc2C1)NCc1ccc(C(F)(F)F)cc1.I. The Balaban J connectivity index is 0.00000300.